The second kappa shape index (κ2) is 11.0. The minimum absolute atomic E-state index is 0.0716. The summed E-state index contributed by atoms with van der Waals surface area (Å²) >= 11 is 0. The van der Waals surface area contributed by atoms with Gasteiger partial charge in [-0.15, -0.1) is 0 Å². The Morgan fingerprint density at radius 3 is 2.34 bits per heavy atom. The van der Waals surface area contributed by atoms with Crippen molar-refractivity contribution in [2.45, 2.75) is 59.6 Å². The van der Waals surface area contributed by atoms with Crippen LogP contribution in [0.2, 0.25) is 0 Å². The SMILES string of the molecule is COC(=O)[C@H](NC(=O)CC/C(C)=C/Cc1c(OC)c(C)c2c(c1OC)C(=O)OC2)C(C)C. The highest BCUT2D eigenvalue weighted by Gasteiger charge is 2.32. The van der Waals surface area contributed by atoms with Gasteiger partial charge in [-0.3, -0.25) is 4.79 Å². The molecule has 0 spiro atoms. The van der Waals surface area contributed by atoms with Gasteiger partial charge in [0.05, 0.1) is 21.3 Å². The molecule has 1 aromatic carbocycles. The molecule has 32 heavy (non-hydrogen) atoms. The molecule has 1 N–H and O–H groups in total. The fourth-order valence-corrected chi connectivity index (χ4v) is 3.79. The van der Waals surface area contributed by atoms with Crippen LogP contribution in [0.15, 0.2) is 11.6 Å². The molecule has 1 aliphatic heterocycles. The summed E-state index contributed by atoms with van der Waals surface area (Å²) in [6.07, 6.45) is 3.22. The average molecular weight is 448 g/mol. The van der Waals surface area contributed by atoms with Gasteiger partial charge in [0.15, 0.2) is 0 Å². The number of methoxy groups -OCH3 is 3. The summed E-state index contributed by atoms with van der Waals surface area (Å²) in [6.45, 7) is 7.74. The second-order valence-electron chi connectivity index (χ2n) is 8.17. The van der Waals surface area contributed by atoms with E-state index in [1.165, 1.54) is 14.2 Å². The zero-order chi connectivity index (χ0) is 24.0. The number of nitrogens with one attached hydrogen (secondary N) is 1. The molecule has 8 heteroatoms. The molecule has 1 aliphatic rings. The van der Waals surface area contributed by atoms with Crippen LogP contribution in [0.4, 0.5) is 0 Å². The lowest BCUT2D eigenvalue weighted by Gasteiger charge is -2.20. The lowest BCUT2D eigenvalue weighted by atomic mass is 9.94. The molecule has 0 saturated heterocycles. The predicted molar refractivity (Wildman–Crippen MR) is 119 cm³/mol. The summed E-state index contributed by atoms with van der Waals surface area (Å²) in [5.41, 5.74) is 3.85. The van der Waals surface area contributed by atoms with E-state index in [0.717, 1.165) is 22.3 Å². The molecule has 1 heterocycles. The number of esters is 2. The van der Waals surface area contributed by atoms with Gasteiger partial charge in [-0.05, 0) is 38.2 Å². The molecular weight excluding hydrogens is 414 g/mol. The third-order valence-corrected chi connectivity index (χ3v) is 5.67. The Hall–Kier alpha value is -3.03. The number of rotatable bonds is 10. The van der Waals surface area contributed by atoms with E-state index in [1.807, 2.05) is 33.8 Å². The fraction of sp³-hybridized carbons (Fsp3) is 0.542. The van der Waals surface area contributed by atoms with Gasteiger partial charge < -0.3 is 24.3 Å². The summed E-state index contributed by atoms with van der Waals surface area (Å²) in [4.78, 5) is 36.4. The van der Waals surface area contributed by atoms with Crippen LogP contribution in [0, 0.1) is 12.8 Å². The second-order valence-corrected chi connectivity index (χ2v) is 8.17. The molecule has 0 aromatic heterocycles. The van der Waals surface area contributed by atoms with Crippen molar-refractivity contribution in [3.8, 4) is 11.5 Å². The number of fused-ring (bicyclic) bond motifs is 1. The van der Waals surface area contributed by atoms with Crippen molar-refractivity contribution in [3.63, 3.8) is 0 Å². The molecule has 176 valence electrons. The number of carbonyl (C=O) groups is 3. The van der Waals surface area contributed by atoms with E-state index in [0.29, 0.717) is 29.9 Å². The standard InChI is InChI=1S/C24H33NO7/c1-13(2)20(24(28)31-7)25-18(26)11-9-14(3)8-10-16-21(29-5)15(4)17-12-32-23(27)19(17)22(16)30-6/h8,13,20H,9-12H2,1-7H3,(H,25,26)/b14-8+/t20-/m1/s1. The van der Waals surface area contributed by atoms with Crippen LogP contribution in [-0.4, -0.2) is 45.2 Å². The first-order chi connectivity index (χ1) is 15.2. The largest absolute Gasteiger partial charge is 0.496 e. The van der Waals surface area contributed by atoms with Crippen molar-refractivity contribution >= 4 is 17.8 Å². The maximum atomic E-state index is 12.3. The monoisotopic (exact) mass is 447 g/mol. The predicted octanol–water partition coefficient (Wildman–Crippen LogP) is 3.27. The highest BCUT2D eigenvalue weighted by Crippen LogP contribution is 2.42. The Balaban J connectivity index is 2.14. The number of hydrogen-bond donors (Lipinski definition) is 1. The van der Waals surface area contributed by atoms with Crippen LogP contribution in [-0.2, 0) is 32.1 Å². The van der Waals surface area contributed by atoms with Gasteiger partial charge >= 0.3 is 11.9 Å². The summed E-state index contributed by atoms with van der Waals surface area (Å²) < 4.78 is 21.1. The summed E-state index contributed by atoms with van der Waals surface area (Å²) in [5.74, 6) is -0.00849. The highest BCUT2D eigenvalue weighted by molar-refractivity contribution is 5.98. The summed E-state index contributed by atoms with van der Waals surface area (Å²) in [7, 11) is 4.41. The third-order valence-electron chi connectivity index (χ3n) is 5.67. The van der Waals surface area contributed by atoms with Crippen LogP contribution >= 0.6 is 0 Å². The van der Waals surface area contributed by atoms with E-state index in [4.69, 9.17) is 18.9 Å². The Labute approximate surface area is 189 Å². The Bertz CT molecular complexity index is 918. The molecule has 1 aromatic rings. The fourth-order valence-electron chi connectivity index (χ4n) is 3.79. The summed E-state index contributed by atoms with van der Waals surface area (Å²) in [6, 6.07) is -0.667. The normalized spacial score (nSPS) is 14.0. The number of hydrogen-bond acceptors (Lipinski definition) is 7. The molecule has 2 rings (SSSR count). The molecule has 0 radical (unpaired) electrons. The van der Waals surface area contributed by atoms with Crippen LogP contribution in [0.25, 0.3) is 0 Å². The van der Waals surface area contributed by atoms with Gasteiger partial charge in [0.2, 0.25) is 5.91 Å². The molecule has 0 aliphatic carbocycles. The lowest BCUT2D eigenvalue weighted by molar-refractivity contribution is -0.146. The molecule has 0 bridgehead atoms. The van der Waals surface area contributed by atoms with Gasteiger partial charge in [-0.2, -0.15) is 0 Å². The zero-order valence-corrected chi connectivity index (χ0v) is 19.9. The average Bonchev–Trinajstić information content (AvgIpc) is 3.15. The molecule has 0 saturated carbocycles. The minimum atomic E-state index is -0.667. The van der Waals surface area contributed by atoms with E-state index in [2.05, 4.69) is 5.32 Å². The van der Waals surface area contributed by atoms with Gasteiger partial charge in [0.1, 0.15) is 29.7 Å². The number of amides is 1. The van der Waals surface area contributed by atoms with Crippen LogP contribution in [0.3, 0.4) is 0 Å². The van der Waals surface area contributed by atoms with Gasteiger partial charge in [-0.1, -0.05) is 25.5 Å². The van der Waals surface area contributed by atoms with E-state index in [1.54, 1.807) is 7.11 Å². The number of allylic oxidation sites excluding steroid dienone is 2. The van der Waals surface area contributed by atoms with Crippen molar-refractivity contribution in [1.82, 2.24) is 5.32 Å². The number of carbonyl (C=O) groups excluding carboxylic acids is 3. The summed E-state index contributed by atoms with van der Waals surface area (Å²) in [5, 5.41) is 2.74. The Morgan fingerprint density at radius 1 is 1.12 bits per heavy atom. The maximum absolute atomic E-state index is 12.3. The number of benzene rings is 1. The Kier molecular flexibility index (Phi) is 8.69. The minimum Gasteiger partial charge on any atom is -0.496 e. The lowest BCUT2D eigenvalue weighted by Crippen LogP contribution is -2.44. The van der Waals surface area contributed by atoms with E-state index in [9.17, 15) is 14.4 Å². The quantitative estimate of drug-likeness (QED) is 0.434. The highest BCUT2D eigenvalue weighted by atomic mass is 16.5. The van der Waals surface area contributed by atoms with E-state index in [-0.39, 0.29) is 24.9 Å². The molecule has 1 amide bonds. The molecule has 0 unspecified atom stereocenters. The van der Waals surface area contributed by atoms with Crippen molar-refractivity contribution < 1.29 is 33.3 Å². The smallest absolute Gasteiger partial charge is 0.342 e. The zero-order valence-electron chi connectivity index (χ0n) is 19.9. The molecular formula is C24H33NO7. The number of cyclic esters (lactones) is 1. The van der Waals surface area contributed by atoms with Gasteiger partial charge in [-0.25, -0.2) is 9.59 Å². The maximum Gasteiger partial charge on any atom is 0.342 e. The third kappa shape index (κ3) is 5.41. The number of ether oxygens (including phenoxy) is 4. The van der Waals surface area contributed by atoms with E-state index < -0.39 is 18.0 Å². The van der Waals surface area contributed by atoms with E-state index >= 15 is 0 Å². The van der Waals surface area contributed by atoms with Crippen molar-refractivity contribution in [2.24, 2.45) is 5.92 Å². The van der Waals surface area contributed by atoms with Crippen molar-refractivity contribution in [1.29, 1.82) is 0 Å². The first-order valence-corrected chi connectivity index (χ1v) is 10.6. The molecule has 8 nitrogen and oxygen atoms in total. The Morgan fingerprint density at radius 2 is 1.78 bits per heavy atom. The van der Waals surface area contributed by atoms with Gasteiger partial charge in [0, 0.05) is 17.5 Å². The van der Waals surface area contributed by atoms with Gasteiger partial charge in [0.25, 0.3) is 0 Å². The van der Waals surface area contributed by atoms with Crippen molar-refractivity contribution in [3.05, 3.63) is 33.9 Å². The molecule has 0 fully saturated rings. The first kappa shape index (κ1) is 25.2. The van der Waals surface area contributed by atoms with Crippen LogP contribution in [0.1, 0.15) is 60.7 Å². The molecule has 1 atom stereocenters. The first-order valence-electron chi connectivity index (χ1n) is 10.6. The topological polar surface area (TPSA) is 100 Å². The van der Waals surface area contributed by atoms with Crippen LogP contribution < -0.4 is 14.8 Å². The van der Waals surface area contributed by atoms with Crippen LogP contribution in [0.5, 0.6) is 11.5 Å². The van der Waals surface area contributed by atoms with Crippen molar-refractivity contribution in [2.75, 3.05) is 21.3 Å².